The molecule has 1 fully saturated rings. The van der Waals surface area contributed by atoms with Crippen LogP contribution in [-0.2, 0) is 0 Å². The molecule has 0 aromatic heterocycles. The second-order valence-corrected chi connectivity index (χ2v) is 6.71. The minimum Gasteiger partial charge on any atom is -0.324 e. The maximum Gasteiger partial charge on any atom is 0.0370 e. The van der Waals surface area contributed by atoms with Crippen LogP contribution in [0.1, 0.15) is 36.6 Å². The number of fused-ring (bicyclic) bond motifs is 1. The Morgan fingerprint density at radius 3 is 2.82 bits per heavy atom. The molecular weight excluding hydrogens is 228 g/mol. The molecule has 0 radical (unpaired) electrons. The van der Waals surface area contributed by atoms with Gasteiger partial charge in [-0.3, -0.25) is 4.90 Å². The summed E-state index contributed by atoms with van der Waals surface area (Å²) in [5, 5.41) is 0.757. The van der Waals surface area contributed by atoms with Crippen molar-refractivity contribution in [1.29, 1.82) is 0 Å². The maximum absolute atomic E-state index is 6.25. The number of hydrogen-bond donors (Lipinski definition) is 1. The number of nitrogens with two attached hydrogens (primary N) is 1. The molecule has 1 aromatic rings. The van der Waals surface area contributed by atoms with E-state index in [1.807, 2.05) is 0 Å². The van der Waals surface area contributed by atoms with Gasteiger partial charge in [-0.2, -0.15) is 11.8 Å². The van der Waals surface area contributed by atoms with Gasteiger partial charge in [0.2, 0.25) is 0 Å². The van der Waals surface area contributed by atoms with E-state index in [-0.39, 0.29) is 6.04 Å². The summed E-state index contributed by atoms with van der Waals surface area (Å²) in [4.78, 5) is 2.63. The maximum atomic E-state index is 6.25. The molecule has 1 saturated heterocycles. The average Bonchev–Trinajstić information content (AvgIpc) is 2.68. The first-order chi connectivity index (χ1) is 8.25. The molecule has 1 aliphatic carbocycles. The molecule has 92 valence electrons. The van der Waals surface area contributed by atoms with Gasteiger partial charge in [0, 0.05) is 36.2 Å². The molecule has 2 nitrogen and oxygen atoms in total. The predicted octanol–water partition coefficient (Wildman–Crippen LogP) is 2.57. The second-order valence-electron chi connectivity index (χ2n) is 5.16. The van der Waals surface area contributed by atoms with Crippen LogP contribution in [0.5, 0.6) is 0 Å². The van der Waals surface area contributed by atoms with Crippen LogP contribution < -0.4 is 5.73 Å². The molecule has 1 aliphatic heterocycles. The van der Waals surface area contributed by atoms with Gasteiger partial charge in [-0.25, -0.2) is 0 Å². The van der Waals surface area contributed by atoms with E-state index in [2.05, 4.69) is 47.9 Å². The number of benzene rings is 1. The van der Waals surface area contributed by atoms with E-state index in [4.69, 9.17) is 5.73 Å². The first-order valence-corrected chi connectivity index (χ1v) is 7.50. The fourth-order valence-electron chi connectivity index (χ4n) is 3.12. The van der Waals surface area contributed by atoms with Crippen molar-refractivity contribution in [2.45, 2.75) is 30.7 Å². The van der Waals surface area contributed by atoms with E-state index < -0.39 is 0 Å². The van der Waals surface area contributed by atoms with Crippen molar-refractivity contribution in [2.24, 2.45) is 5.73 Å². The highest BCUT2D eigenvalue weighted by atomic mass is 32.2. The zero-order valence-electron chi connectivity index (χ0n) is 10.3. The van der Waals surface area contributed by atoms with Gasteiger partial charge in [-0.05, 0) is 17.5 Å². The monoisotopic (exact) mass is 248 g/mol. The third-order valence-electron chi connectivity index (χ3n) is 3.94. The van der Waals surface area contributed by atoms with E-state index in [1.165, 1.54) is 30.0 Å². The fourth-order valence-corrected chi connectivity index (χ4v) is 4.16. The summed E-state index contributed by atoms with van der Waals surface area (Å²) >= 11 is 2.09. The van der Waals surface area contributed by atoms with Gasteiger partial charge in [0.15, 0.2) is 0 Å². The highest BCUT2D eigenvalue weighted by Crippen LogP contribution is 2.42. The number of rotatable bonds is 1. The Morgan fingerprint density at radius 1 is 1.29 bits per heavy atom. The van der Waals surface area contributed by atoms with Crippen molar-refractivity contribution in [2.75, 3.05) is 18.8 Å². The fraction of sp³-hybridized carbons (Fsp3) is 0.571. The largest absolute Gasteiger partial charge is 0.324 e. The van der Waals surface area contributed by atoms with Crippen LogP contribution in [-0.4, -0.2) is 29.0 Å². The molecule has 3 unspecified atom stereocenters. The Labute approximate surface area is 108 Å². The van der Waals surface area contributed by atoms with Gasteiger partial charge in [0.1, 0.15) is 0 Å². The molecule has 1 aromatic carbocycles. The lowest BCUT2D eigenvalue weighted by Gasteiger charge is -2.35. The summed E-state index contributed by atoms with van der Waals surface area (Å²) in [6.45, 7) is 4.74. The smallest absolute Gasteiger partial charge is 0.0370 e. The molecule has 0 amide bonds. The van der Waals surface area contributed by atoms with Crippen molar-refractivity contribution in [3.8, 4) is 0 Å². The van der Waals surface area contributed by atoms with Crippen LogP contribution in [0, 0.1) is 0 Å². The number of hydrogen-bond acceptors (Lipinski definition) is 3. The highest BCUT2D eigenvalue weighted by Gasteiger charge is 2.33. The van der Waals surface area contributed by atoms with E-state index in [9.17, 15) is 0 Å². The predicted molar refractivity (Wildman–Crippen MR) is 74.2 cm³/mol. The third-order valence-corrected chi connectivity index (χ3v) is 5.08. The second kappa shape index (κ2) is 4.63. The molecule has 3 atom stereocenters. The van der Waals surface area contributed by atoms with Crippen LogP contribution in [0.15, 0.2) is 24.3 Å². The highest BCUT2D eigenvalue weighted by molar-refractivity contribution is 7.99. The van der Waals surface area contributed by atoms with Crippen molar-refractivity contribution in [3.63, 3.8) is 0 Å². The average molecular weight is 248 g/mol. The molecule has 0 bridgehead atoms. The lowest BCUT2D eigenvalue weighted by atomic mass is 10.1. The molecule has 2 N–H and O–H groups in total. The van der Waals surface area contributed by atoms with Gasteiger partial charge in [-0.1, -0.05) is 31.2 Å². The van der Waals surface area contributed by atoms with Crippen LogP contribution in [0.2, 0.25) is 0 Å². The summed E-state index contributed by atoms with van der Waals surface area (Å²) in [5.41, 5.74) is 9.08. The zero-order valence-corrected chi connectivity index (χ0v) is 11.1. The Hall–Kier alpha value is -0.510. The Bertz CT molecular complexity index is 407. The van der Waals surface area contributed by atoms with E-state index in [0.717, 1.165) is 11.7 Å². The SMILES string of the molecule is CC1CN(C2CC(N)c3ccccc32)CCS1. The molecule has 0 spiro atoms. The topological polar surface area (TPSA) is 29.3 Å². The zero-order chi connectivity index (χ0) is 11.8. The van der Waals surface area contributed by atoms with Crippen LogP contribution >= 0.6 is 11.8 Å². The standard InChI is InChI=1S/C14H20N2S/c1-10-9-16(6-7-17-10)14-8-13(15)11-4-2-3-5-12(11)14/h2-5,10,13-14H,6-9,15H2,1H3. The quantitative estimate of drug-likeness (QED) is 0.828. The molecule has 1 heterocycles. The minimum absolute atomic E-state index is 0.237. The number of nitrogens with zero attached hydrogens (tertiary/aromatic N) is 1. The van der Waals surface area contributed by atoms with Gasteiger partial charge in [0.25, 0.3) is 0 Å². The van der Waals surface area contributed by atoms with Crippen LogP contribution in [0.4, 0.5) is 0 Å². The van der Waals surface area contributed by atoms with E-state index in [1.54, 1.807) is 0 Å². The molecule has 3 rings (SSSR count). The van der Waals surface area contributed by atoms with E-state index in [0.29, 0.717) is 6.04 Å². The van der Waals surface area contributed by atoms with Crippen molar-refractivity contribution in [1.82, 2.24) is 4.90 Å². The van der Waals surface area contributed by atoms with Gasteiger partial charge in [0.05, 0.1) is 0 Å². The van der Waals surface area contributed by atoms with Crippen LogP contribution in [0.25, 0.3) is 0 Å². The Balaban J connectivity index is 1.85. The lowest BCUT2D eigenvalue weighted by Crippen LogP contribution is -2.38. The lowest BCUT2D eigenvalue weighted by molar-refractivity contribution is 0.201. The Kier molecular flexibility index (Phi) is 3.16. The first kappa shape index (κ1) is 11.6. The summed E-state index contributed by atoms with van der Waals surface area (Å²) in [5.74, 6) is 1.26. The molecule has 2 aliphatic rings. The number of thioether (sulfide) groups is 1. The summed E-state index contributed by atoms with van der Waals surface area (Å²) in [7, 11) is 0. The van der Waals surface area contributed by atoms with Crippen molar-refractivity contribution < 1.29 is 0 Å². The van der Waals surface area contributed by atoms with Crippen molar-refractivity contribution in [3.05, 3.63) is 35.4 Å². The van der Waals surface area contributed by atoms with Crippen LogP contribution in [0.3, 0.4) is 0 Å². The van der Waals surface area contributed by atoms with Gasteiger partial charge in [-0.15, -0.1) is 0 Å². The molecular formula is C14H20N2S. The molecule has 0 saturated carbocycles. The third kappa shape index (κ3) is 2.12. The Morgan fingerprint density at radius 2 is 2.06 bits per heavy atom. The summed E-state index contributed by atoms with van der Waals surface area (Å²) in [6, 6.07) is 9.51. The van der Waals surface area contributed by atoms with E-state index >= 15 is 0 Å². The molecule has 3 heteroatoms. The first-order valence-electron chi connectivity index (χ1n) is 6.46. The summed E-state index contributed by atoms with van der Waals surface area (Å²) in [6.07, 6.45) is 1.09. The minimum atomic E-state index is 0.237. The van der Waals surface area contributed by atoms with Crippen molar-refractivity contribution >= 4 is 11.8 Å². The molecule has 17 heavy (non-hydrogen) atoms. The van der Waals surface area contributed by atoms with Gasteiger partial charge < -0.3 is 5.73 Å². The summed E-state index contributed by atoms with van der Waals surface area (Å²) < 4.78 is 0. The van der Waals surface area contributed by atoms with Gasteiger partial charge >= 0.3 is 0 Å². The normalized spacial score (nSPS) is 33.6.